The molecular weight excluding hydrogens is 240 g/mol. The van der Waals surface area contributed by atoms with Crippen LogP contribution < -0.4 is 5.43 Å². The van der Waals surface area contributed by atoms with E-state index in [0.717, 1.165) is 11.3 Å². The summed E-state index contributed by atoms with van der Waals surface area (Å²) in [6, 6.07) is 5.38. The largest absolute Gasteiger partial charge is 0.461 e. The van der Waals surface area contributed by atoms with E-state index in [1.807, 2.05) is 13.0 Å². The Kier molecular flexibility index (Phi) is 4.97. The summed E-state index contributed by atoms with van der Waals surface area (Å²) in [5.74, 6) is -0.424. The van der Waals surface area contributed by atoms with Crippen LogP contribution in [0, 0.1) is 6.92 Å². The maximum Gasteiger partial charge on any atom is 0.354 e. The highest BCUT2D eigenvalue weighted by Crippen LogP contribution is 2.19. The lowest BCUT2D eigenvalue weighted by Crippen LogP contribution is -2.15. The molecule has 0 unspecified atom stereocenters. The van der Waals surface area contributed by atoms with E-state index in [1.54, 1.807) is 26.0 Å². The van der Waals surface area contributed by atoms with Gasteiger partial charge < -0.3 is 4.74 Å². The Morgan fingerprint density at radius 2 is 2.24 bits per heavy atom. The first-order valence-electron chi connectivity index (χ1n) is 5.28. The van der Waals surface area contributed by atoms with E-state index >= 15 is 0 Å². The third-order valence-corrected chi connectivity index (χ3v) is 2.34. The van der Waals surface area contributed by atoms with Gasteiger partial charge in [-0.2, -0.15) is 5.10 Å². The summed E-state index contributed by atoms with van der Waals surface area (Å²) in [5.41, 5.74) is 4.85. The van der Waals surface area contributed by atoms with Gasteiger partial charge >= 0.3 is 5.97 Å². The van der Waals surface area contributed by atoms with Crippen molar-refractivity contribution in [2.75, 3.05) is 12.0 Å². The van der Waals surface area contributed by atoms with E-state index in [2.05, 4.69) is 10.5 Å². The van der Waals surface area contributed by atoms with E-state index in [0.29, 0.717) is 11.6 Å². The van der Waals surface area contributed by atoms with Gasteiger partial charge in [0.1, 0.15) is 5.71 Å². The molecule has 92 valence electrons. The lowest BCUT2D eigenvalue weighted by Gasteiger charge is -2.06. The molecule has 1 rings (SSSR count). The Morgan fingerprint density at radius 1 is 1.53 bits per heavy atom. The van der Waals surface area contributed by atoms with Gasteiger partial charge in [-0.1, -0.05) is 11.6 Å². The predicted molar refractivity (Wildman–Crippen MR) is 69.6 cm³/mol. The number of halogens is 1. The van der Waals surface area contributed by atoms with Crippen molar-refractivity contribution in [3.63, 3.8) is 0 Å². The minimum absolute atomic E-state index is 0.279. The van der Waals surface area contributed by atoms with E-state index in [-0.39, 0.29) is 5.71 Å². The number of esters is 1. The van der Waals surface area contributed by atoms with Crippen molar-refractivity contribution in [1.29, 1.82) is 0 Å². The number of nitrogens with one attached hydrogen (secondary N) is 1. The van der Waals surface area contributed by atoms with Gasteiger partial charge in [-0.05, 0) is 44.5 Å². The highest BCUT2D eigenvalue weighted by Gasteiger charge is 2.06. The summed E-state index contributed by atoms with van der Waals surface area (Å²) >= 11 is 5.83. The molecule has 5 heteroatoms. The molecule has 1 N–H and O–H groups in total. The van der Waals surface area contributed by atoms with E-state index < -0.39 is 5.97 Å². The summed E-state index contributed by atoms with van der Waals surface area (Å²) in [4.78, 5) is 11.3. The standard InChI is InChI=1S/C12H15ClN2O2/c1-4-17-12(16)9(3)14-15-11-6-5-10(13)7-8(11)2/h5-7,15H,4H2,1-3H3. The molecule has 0 aromatic heterocycles. The number of carbonyl (C=O) groups is 1. The number of aryl methyl sites for hydroxylation is 1. The normalized spacial score (nSPS) is 11.2. The van der Waals surface area contributed by atoms with Gasteiger partial charge in [0.05, 0.1) is 12.3 Å². The second kappa shape index (κ2) is 6.25. The van der Waals surface area contributed by atoms with Crippen LogP contribution in [0.25, 0.3) is 0 Å². The first-order chi connectivity index (χ1) is 8.04. The smallest absolute Gasteiger partial charge is 0.354 e. The molecule has 0 aliphatic carbocycles. The average Bonchev–Trinajstić information content (AvgIpc) is 2.27. The second-order valence-electron chi connectivity index (χ2n) is 3.49. The van der Waals surface area contributed by atoms with Gasteiger partial charge in [0.25, 0.3) is 0 Å². The number of nitrogens with zero attached hydrogens (tertiary/aromatic N) is 1. The first-order valence-corrected chi connectivity index (χ1v) is 5.66. The number of rotatable bonds is 4. The van der Waals surface area contributed by atoms with Crippen LogP contribution in [-0.4, -0.2) is 18.3 Å². The predicted octanol–water partition coefficient (Wildman–Crippen LogP) is 3.00. The summed E-state index contributed by atoms with van der Waals surface area (Å²) in [6.45, 7) is 5.59. The van der Waals surface area contributed by atoms with Gasteiger partial charge in [-0.15, -0.1) is 0 Å². The van der Waals surface area contributed by atoms with Crippen LogP contribution in [0.1, 0.15) is 19.4 Å². The van der Waals surface area contributed by atoms with Crippen molar-refractivity contribution < 1.29 is 9.53 Å². The van der Waals surface area contributed by atoms with Crippen LogP contribution in [0.15, 0.2) is 23.3 Å². The van der Waals surface area contributed by atoms with Crippen LogP contribution in [0.4, 0.5) is 5.69 Å². The fourth-order valence-electron chi connectivity index (χ4n) is 1.18. The van der Waals surface area contributed by atoms with Crippen LogP contribution in [-0.2, 0) is 9.53 Å². The molecule has 0 aliphatic rings. The lowest BCUT2D eigenvalue weighted by atomic mass is 10.2. The van der Waals surface area contributed by atoms with Gasteiger partial charge in [-0.25, -0.2) is 4.79 Å². The van der Waals surface area contributed by atoms with Crippen molar-refractivity contribution in [1.82, 2.24) is 0 Å². The first kappa shape index (κ1) is 13.5. The molecular formula is C12H15ClN2O2. The van der Waals surface area contributed by atoms with Crippen molar-refractivity contribution >= 4 is 29.0 Å². The van der Waals surface area contributed by atoms with Crippen LogP contribution >= 0.6 is 11.6 Å². The molecule has 0 aliphatic heterocycles. The van der Waals surface area contributed by atoms with Crippen LogP contribution in [0.3, 0.4) is 0 Å². The third kappa shape index (κ3) is 4.07. The van der Waals surface area contributed by atoms with E-state index in [9.17, 15) is 4.79 Å². The Morgan fingerprint density at radius 3 is 2.82 bits per heavy atom. The van der Waals surface area contributed by atoms with E-state index in [1.165, 1.54) is 0 Å². The number of carbonyl (C=O) groups excluding carboxylic acids is 1. The van der Waals surface area contributed by atoms with E-state index in [4.69, 9.17) is 16.3 Å². The molecule has 0 saturated heterocycles. The van der Waals surface area contributed by atoms with Crippen LogP contribution in [0.5, 0.6) is 0 Å². The zero-order chi connectivity index (χ0) is 12.8. The van der Waals surface area contributed by atoms with Crippen LogP contribution in [0.2, 0.25) is 5.02 Å². The molecule has 17 heavy (non-hydrogen) atoms. The average molecular weight is 255 g/mol. The molecule has 0 fully saturated rings. The number of hydrazone groups is 1. The topological polar surface area (TPSA) is 50.7 Å². The second-order valence-corrected chi connectivity index (χ2v) is 3.93. The maximum atomic E-state index is 11.3. The minimum atomic E-state index is -0.424. The monoisotopic (exact) mass is 254 g/mol. The van der Waals surface area contributed by atoms with Gasteiger partial charge in [0.2, 0.25) is 0 Å². The van der Waals surface area contributed by atoms with Gasteiger partial charge in [0.15, 0.2) is 0 Å². The number of anilines is 1. The number of hydrogen-bond donors (Lipinski definition) is 1. The molecule has 0 bridgehead atoms. The number of hydrogen-bond acceptors (Lipinski definition) is 4. The Hall–Kier alpha value is -1.55. The lowest BCUT2D eigenvalue weighted by molar-refractivity contribution is -0.135. The SMILES string of the molecule is CCOC(=O)C(C)=NNc1ccc(Cl)cc1C. The molecule has 0 atom stereocenters. The summed E-state index contributed by atoms with van der Waals surface area (Å²) in [7, 11) is 0. The Balaban J connectivity index is 2.72. The minimum Gasteiger partial charge on any atom is -0.461 e. The molecule has 1 aromatic carbocycles. The third-order valence-electron chi connectivity index (χ3n) is 2.10. The van der Waals surface area contributed by atoms with Crippen molar-refractivity contribution in [3.05, 3.63) is 28.8 Å². The van der Waals surface area contributed by atoms with Crippen molar-refractivity contribution in [2.45, 2.75) is 20.8 Å². The Labute approximate surface area is 106 Å². The fraction of sp³-hybridized carbons (Fsp3) is 0.333. The molecule has 0 spiro atoms. The van der Waals surface area contributed by atoms with Gasteiger partial charge in [-0.3, -0.25) is 5.43 Å². The zero-order valence-corrected chi connectivity index (χ0v) is 10.8. The number of ether oxygens (including phenoxy) is 1. The van der Waals surface area contributed by atoms with Crippen molar-refractivity contribution in [3.8, 4) is 0 Å². The van der Waals surface area contributed by atoms with Crippen molar-refractivity contribution in [2.24, 2.45) is 5.10 Å². The molecule has 0 radical (unpaired) electrons. The summed E-state index contributed by atoms with van der Waals surface area (Å²) in [5, 5.41) is 4.62. The quantitative estimate of drug-likeness (QED) is 0.511. The molecule has 1 aromatic rings. The fourth-order valence-corrected chi connectivity index (χ4v) is 1.40. The highest BCUT2D eigenvalue weighted by atomic mass is 35.5. The molecule has 0 saturated carbocycles. The zero-order valence-electron chi connectivity index (χ0n) is 10.1. The maximum absolute atomic E-state index is 11.3. The molecule has 0 heterocycles. The van der Waals surface area contributed by atoms with Gasteiger partial charge in [0, 0.05) is 5.02 Å². The summed E-state index contributed by atoms with van der Waals surface area (Å²) < 4.78 is 4.81. The highest BCUT2D eigenvalue weighted by molar-refractivity contribution is 6.35. The molecule has 4 nitrogen and oxygen atoms in total. The number of benzene rings is 1. The summed E-state index contributed by atoms with van der Waals surface area (Å²) in [6.07, 6.45) is 0. The Bertz CT molecular complexity index is 444. The molecule has 0 amide bonds.